The zero-order chi connectivity index (χ0) is 24.7. The van der Waals surface area contributed by atoms with Gasteiger partial charge < -0.3 is 14.7 Å². The Morgan fingerprint density at radius 3 is 2.71 bits per heavy atom. The molecule has 2 aliphatic rings. The molecule has 0 bridgehead atoms. The fourth-order valence-corrected chi connectivity index (χ4v) is 5.85. The Morgan fingerprint density at radius 1 is 1.29 bits per heavy atom. The minimum Gasteiger partial charge on any atom is -0.492 e. The Labute approximate surface area is 199 Å². The van der Waals surface area contributed by atoms with Crippen molar-refractivity contribution in [3.8, 4) is 5.75 Å². The van der Waals surface area contributed by atoms with Crippen molar-refractivity contribution >= 4 is 27.8 Å². The summed E-state index contributed by atoms with van der Waals surface area (Å²) < 4.78 is 48.7. The van der Waals surface area contributed by atoms with E-state index in [9.17, 15) is 22.7 Å². The highest BCUT2D eigenvalue weighted by Gasteiger charge is 2.56. The van der Waals surface area contributed by atoms with Gasteiger partial charge in [-0.2, -0.15) is 0 Å². The van der Waals surface area contributed by atoms with Crippen LogP contribution in [-0.4, -0.2) is 50.6 Å². The molecule has 4 rings (SSSR count). The predicted molar refractivity (Wildman–Crippen MR) is 128 cm³/mol. The number of fused-ring (bicyclic) bond motifs is 3. The molecular formula is C25H29FN2O5S. The van der Waals surface area contributed by atoms with Crippen LogP contribution in [0, 0.1) is 11.7 Å². The fourth-order valence-electron chi connectivity index (χ4n) is 4.59. The highest BCUT2D eigenvalue weighted by atomic mass is 32.2. The van der Waals surface area contributed by atoms with Gasteiger partial charge in [0, 0.05) is 23.4 Å². The van der Waals surface area contributed by atoms with Crippen LogP contribution in [0.15, 0.2) is 41.3 Å². The molecule has 0 radical (unpaired) electrons. The van der Waals surface area contributed by atoms with Gasteiger partial charge in [0.1, 0.15) is 17.1 Å². The summed E-state index contributed by atoms with van der Waals surface area (Å²) in [5, 5.41) is 9.90. The fraction of sp³-hybridized carbons (Fsp3) is 0.400. The third-order valence-corrected chi connectivity index (χ3v) is 8.33. The smallest absolute Gasteiger partial charge is 0.341 e. The third-order valence-electron chi connectivity index (χ3n) is 6.89. The number of nitrogens with one attached hydrogen (secondary N) is 1. The molecule has 2 atom stereocenters. The molecule has 2 aromatic carbocycles. The minimum absolute atomic E-state index is 0.0867. The third kappa shape index (κ3) is 4.42. The molecular weight excluding hydrogens is 459 g/mol. The molecule has 2 aromatic rings. The summed E-state index contributed by atoms with van der Waals surface area (Å²) in [6.07, 6.45) is 4.25. The van der Waals surface area contributed by atoms with Crippen molar-refractivity contribution in [1.29, 1.82) is 0 Å². The highest BCUT2D eigenvalue weighted by molar-refractivity contribution is 7.92. The number of benzene rings is 2. The van der Waals surface area contributed by atoms with Crippen molar-refractivity contribution < 1.29 is 27.4 Å². The Bertz CT molecular complexity index is 1260. The number of sulfonamides is 1. The van der Waals surface area contributed by atoms with E-state index in [0.717, 1.165) is 37.2 Å². The molecule has 1 heterocycles. The molecule has 34 heavy (non-hydrogen) atoms. The van der Waals surface area contributed by atoms with Crippen molar-refractivity contribution in [1.82, 2.24) is 4.90 Å². The van der Waals surface area contributed by atoms with Crippen molar-refractivity contribution in [2.45, 2.75) is 37.5 Å². The first-order valence-corrected chi connectivity index (χ1v) is 12.8. The largest absolute Gasteiger partial charge is 0.492 e. The van der Waals surface area contributed by atoms with E-state index < -0.39 is 21.8 Å². The van der Waals surface area contributed by atoms with Gasteiger partial charge in [-0.15, -0.1) is 0 Å². The number of likely N-dealkylation sites (N-methyl/N-ethyl adjacent to an activating group) is 1. The zero-order valence-electron chi connectivity index (χ0n) is 19.5. The maximum absolute atomic E-state index is 14.0. The zero-order valence-corrected chi connectivity index (χ0v) is 20.3. The van der Waals surface area contributed by atoms with Gasteiger partial charge in [0.15, 0.2) is 0 Å². The number of halogens is 1. The van der Waals surface area contributed by atoms with Gasteiger partial charge in [0.25, 0.3) is 10.0 Å². The van der Waals surface area contributed by atoms with E-state index in [1.165, 1.54) is 12.1 Å². The first kappa shape index (κ1) is 24.2. The van der Waals surface area contributed by atoms with Gasteiger partial charge >= 0.3 is 5.97 Å². The number of hydrogen-bond acceptors (Lipinski definition) is 5. The Balaban J connectivity index is 1.69. The summed E-state index contributed by atoms with van der Waals surface area (Å²) in [7, 11) is -4.22. The van der Waals surface area contributed by atoms with Crippen LogP contribution >= 0.6 is 0 Å². The SMILES string of the molecule is CCN(CC)C/C=C/c1cc(F)ccc1S(=O)(=O)Nc1ccc2c(c1C(=O)O)OC[C@@H]1C[C@]21C. The van der Waals surface area contributed by atoms with E-state index in [-0.39, 0.29) is 32.9 Å². The molecule has 1 aliphatic carbocycles. The lowest BCUT2D eigenvalue weighted by Gasteiger charge is -2.25. The molecule has 182 valence electrons. The van der Waals surface area contributed by atoms with Gasteiger partial charge in [-0.05, 0) is 49.3 Å². The van der Waals surface area contributed by atoms with Crippen molar-refractivity contribution in [3.63, 3.8) is 0 Å². The number of carboxylic acid groups (broad SMARTS) is 1. The quantitative estimate of drug-likeness (QED) is 0.545. The average molecular weight is 489 g/mol. The van der Waals surface area contributed by atoms with Crippen LogP contribution in [0.25, 0.3) is 6.08 Å². The number of carbonyl (C=O) groups is 1. The van der Waals surface area contributed by atoms with Crippen LogP contribution in [0.2, 0.25) is 0 Å². The van der Waals surface area contributed by atoms with E-state index in [1.807, 2.05) is 13.8 Å². The normalized spacial score (nSPS) is 21.1. The summed E-state index contributed by atoms with van der Waals surface area (Å²) >= 11 is 0. The lowest BCUT2D eigenvalue weighted by molar-refractivity contribution is 0.0692. The van der Waals surface area contributed by atoms with Crippen molar-refractivity contribution in [2.75, 3.05) is 31.0 Å². The number of rotatable bonds is 9. The summed E-state index contributed by atoms with van der Waals surface area (Å²) in [5.74, 6) is -1.30. The van der Waals surface area contributed by atoms with Crippen LogP contribution in [0.4, 0.5) is 10.1 Å². The van der Waals surface area contributed by atoms with Gasteiger partial charge in [-0.3, -0.25) is 4.72 Å². The number of hydrogen-bond donors (Lipinski definition) is 2. The molecule has 0 saturated heterocycles. The second-order valence-electron chi connectivity index (χ2n) is 8.98. The van der Waals surface area contributed by atoms with E-state index in [4.69, 9.17) is 4.74 Å². The van der Waals surface area contributed by atoms with Gasteiger partial charge in [-0.25, -0.2) is 17.6 Å². The molecule has 0 unspecified atom stereocenters. The lowest BCUT2D eigenvalue weighted by Crippen LogP contribution is -2.23. The summed E-state index contributed by atoms with van der Waals surface area (Å²) in [5.41, 5.74) is 0.518. The summed E-state index contributed by atoms with van der Waals surface area (Å²) in [6.45, 7) is 8.74. The second-order valence-corrected chi connectivity index (χ2v) is 10.6. The van der Waals surface area contributed by atoms with E-state index >= 15 is 0 Å². The van der Waals surface area contributed by atoms with E-state index in [0.29, 0.717) is 19.1 Å². The highest BCUT2D eigenvalue weighted by Crippen LogP contribution is 2.60. The van der Waals surface area contributed by atoms with Crippen molar-refractivity contribution in [2.24, 2.45) is 5.92 Å². The summed E-state index contributed by atoms with van der Waals surface area (Å²) in [4.78, 5) is 14.1. The number of aromatic carboxylic acids is 1. The van der Waals surface area contributed by atoms with Crippen LogP contribution in [-0.2, 0) is 15.4 Å². The first-order chi connectivity index (χ1) is 16.1. The number of anilines is 1. The molecule has 1 aliphatic heterocycles. The number of ether oxygens (including phenoxy) is 1. The van der Waals surface area contributed by atoms with Gasteiger partial charge in [-0.1, -0.05) is 39.0 Å². The second kappa shape index (κ2) is 9.03. The van der Waals surface area contributed by atoms with Gasteiger partial charge in [0.05, 0.1) is 17.2 Å². The van der Waals surface area contributed by atoms with E-state index in [1.54, 1.807) is 18.2 Å². The molecule has 0 spiro atoms. The molecule has 0 amide bonds. The minimum atomic E-state index is -4.22. The molecule has 9 heteroatoms. The predicted octanol–water partition coefficient (Wildman–Crippen LogP) is 4.35. The lowest BCUT2D eigenvalue weighted by atomic mass is 9.90. The average Bonchev–Trinajstić information content (AvgIpc) is 3.47. The van der Waals surface area contributed by atoms with Crippen LogP contribution in [0.5, 0.6) is 5.75 Å². The topological polar surface area (TPSA) is 95.9 Å². The molecule has 1 saturated carbocycles. The van der Waals surface area contributed by atoms with Gasteiger partial charge in [0.2, 0.25) is 0 Å². The molecule has 1 fully saturated rings. The maximum atomic E-state index is 14.0. The maximum Gasteiger partial charge on any atom is 0.341 e. The first-order valence-electron chi connectivity index (χ1n) is 11.4. The Morgan fingerprint density at radius 2 is 2.03 bits per heavy atom. The molecule has 0 aromatic heterocycles. The monoisotopic (exact) mass is 488 g/mol. The number of nitrogens with zero attached hydrogens (tertiary/aromatic N) is 1. The van der Waals surface area contributed by atoms with Crippen LogP contribution in [0.1, 0.15) is 48.7 Å². The molecule has 2 N–H and O–H groups in total. The Kier molecular flexibility index (Phi) is 6.44. The number of carboxylic acids is 1. The standard InChI is InChI=1S/C25H29FN2O5S/c1-4-28(5-2)12-6-7-16-13-18(26)8-11-21(16)34(31,32)27-20-10-9-19-23(22(20)24(29)30)33-15-17-14-25(17,19)3/h6-11,13,17,27H,4-5,12,14-15H2,1-3H3,(H,29,30)/b7-6+/t17-,25-/m0/s1. The van der Waals surface area contributed by atoms with Crippen molar-refractivity contribution in [3.05, 3.63) is 58.9 Å². The summed E-state index contributed by atoms with van der Waals surface area (Å²) in [6, 6.07) is 6.59. The molecule has 7 nitrogen and oxygen atoms in total. The van der Waals surface area contributed by atoms with Crippen LogP contribution < -0.4 is 9.46 Å². The Hall–Kier alpha value is -2.91. The van der Waals surface area contributed by atoms with Crippen LogP contribution in [0.3, 0.4) is 0 Å². The van der Waals surface area contributed by atoms with E-state index in [2.05, 4.69) is 16.5 Å².